The predicted molar refractivity (Wildman–Crippen MR) is 99.1 cm³/mol. The third-order valence-electron chi connectivity index (χ3n) is 4.23. The number of carbonyl (C=O) groups excluding carboxylic acids is 2. The van der Waals surface area contributed by atoms with Crippen LogP contribution in [0.3, 0.4) is 0 Å². The second kappa shape index (κ2) is 7.91. The van der Waals surface area contributed by atoms with Crippen LogP contribution < -0.4 is 0 Å². The van der Waals surface area contributed by atoms with E-state index in [0.29, 0.717) is 16.5 Å². The molecule has 8 nitrogen and oxygen atoms in total. The minimum atomic E-state index is -0.735. The molecule has 8 heteroatoms. The van der Waals surface area contributed by atoms with Crippen LogP contribution in [0.5, 0.6) is 0 Å². The number of para-hydroxylation sites is 1. The minimum absolute atomic E-state index is 0.0355. The van der Waals surface area contributed by atoms with E-state index in [4.69, 9.17) is 13.9 Å². The van der Waals surface area contributed by atoms with Crippen molar-refractivity contribution in [1.29, 1.82) is 0 Å². The van der Waals surface area contributed by atoms with Crippen molar-refractivity contribution in [3.8, 4) is 0 Å². The lowest BCUT2D eigenvalue weighted by atomic mass is 10.1. The fraction of sp³-hybridized carbons (Fsp3) is 0.200. The maximum Gasteiger partial charge on any atom is 0.374 e. The van der Waals surface area contributed by atoms with Crippen LogP contribution in [0, 0.1) is 17.0 Å². The summed E-state index contributed by atoms with van der Waals surface area (Å²) in [5, 5.41) is 11.7. The van der Waals surface area contributed by atoms with E-state index in [0.717, 1.165) is 0 Å². The second-order valence-corrected chi connectivity index (χ2v) is 5.91. The van der Waals surface area contributed by atoms with Gasteiger partial charge in [-0.2, -0.15) is 0 Å². The highest BCUT2D eigenvalue weighted by molar-refractivity contribution is 5.96. The van der Waals surface area contributed by atoms with Gasteiger partial charge in [0.25, 0.3) is 5.69 Å². The molecular weight excluding hydrogens is 366 g/mol. The van der Waals surface area contributed by atoms with E-state index in [-0.39, 0.29) is 35.8 Å². The van der Waals surface area contributed by atoms with E-state index in [2.05, 4.69) is 0 Å². The molecule has 0 bridgehead atoms. The molecule has 0 amide bonds. The van der Waals surface area contributed by atoms with Crippen molar-refractivity contribution in [2.75, 3.05) is 6.61 Å². The van der Waals surface area contributed by atoms with E-state index < -0.39 is 16.9 Å². The van der Waals surface area contributed by atoms with Crippen molar-refractivity contribution in [2.24, 2.45) is 0 Å². The molecular formula is C20H17NO7. The number of rotatable bonds is 6. The molecule has 28 heavy (non-hydrogen) atoms. The van der Waals surface area contributed by atoms with Crippen LogP contribution in [0.25, 0.3) is 11.0 Å². The van der Waals surface area contributed by atoms with Gasteiger partial charge in [-0.25, -0.2) is 9.59 Å². The van der Waals surface area contributed by atoms with Gasteiger partial charge in [0.05, 0.1) is 22.7 Å². The summed E-state index contributed by atoms with van der Waals surface area (Å²) in [5.74, 6) is -1.43. The molecule has 2 aromatic carbocycles. The topological polar surface area (TPSA) is 109 Å². The zero-order valence-corrected chi connectivity index (χ0v) is 15.3. The average Bonchev–Trinajstić information content (AvgIpc) is 3.05. The lowest BCUT2D eigenvalue weighted by molar-refractivity contribution is -0.385. The highest BCUT2D eigenvalue weighted by Crippen LogP contribution is 2.28. The lowest BCUT2D eigenvalue weighted by Crippen LogP contribution is -2.11. The van der Waals surface area contributed by atoms with Gasteiger partial charge in [0.15, 0.2) is 0 Å². The van der Waals surface area contributed by atoms with Crippen molar-refractivity contribution in [2.45, 2.75) is 20.5 Å². The molecule has 0 atom stereocenters. The SMILES string of the molecule is CCOC(=O)c1oc2ccccc2c1COC(=O)c1cccc([N+](=O)[O-])c1C. The molecule has 0 fully saturated rings. The fourth-order valence-corrected chi connectivity index (χ4v) is 2.86. The van der Waals surface area contributed by atoms with E-state index in [1.54, 1.807) is 31.2 Å². The summed E-state index contributed by atoms with van der Waals surface area (Å²) < 4.78 is 15.9. The van der Waals surface area contributed by atoms with Crippen LogP contribution in [0.1, 0.15) is 39.0 Å². The number of hydrogen-bond acceptors (Lipinski definition) is 7. The third kappa shape index (κ3) is 3.57. The summed E-state index contributed by atoms with van der Waals surface area (Å²) in [7, 11) is 0. The van der Waals surface area contributed by atoms with Crippen LogP contribution in [0.2, 0.25) is 0 Å². The molecule has 0 radical (unpaired) electrons. The van der Waals surface area contributed by atoms with Gasteiger partial charge in [0, 0.05) is 17.0 Å². The van der Waals surface area contributed by atoms with Gasteiger partial charge in [-0.05, 0) is 26.0 Å². The van der Waals surface area contributed by atoms with Gasteiger partial charge >= 0.3 is 11.9 Å². The molecule has 0 spiro atoms. The fourth-order valence-electron chi connectivity index (χ4n) is 2.86. The largest absolute Gasteiger partial charge is 0.460 e. The average molecular weight is 383 g/mol. The quantitative estimate of drug-likeness (QED) is 0.357. The summed E-state index contributed by atoms with van der Waals surface area (Å²) in [6.45, 7) is 3.07. The Morgan fingerprint density at radius 2 is 1.82 bits per heavy atom. The van der Waals surface area contributed by atoms with Crippen LogP contribution in [-0.4, -0.2) is 23.5 Å². The van der Waals surface area contributed by atoms with E-state index in [1.165, 1.54) is 25.1 Å². The number of fused-ring (bicyclic) bond motifs is 1. The Labute approximate surface area is 159 Å². The van der Waals surface area contributed by atoms with Crippen molar-refractivity contribution >= 4 is 28.6 Å². The first-order valence-electron chi connectivity index (χ1n) is 8.52. The number of hydrogen-bond donors (Lipinski definition) is 0. The number of esters is 2. The predicted octanol–water partition coefficient (Wildman–Crippen LogP) is 4.18. The number of carbonyl (C=O) groups is 2. The normalized spacial score (nSPS) is 10.6. The molecule has 144 valence electrons. The van der Waals surface area contributed by atoms with Gasteiger partial charge in [0.1, 0.15) is 12.2 Å². The van der Waals surface area contributed by atoms with Gasteiger partial charge < -0.3 is 13.9 Å². The number of ether oxygens (including phenoxy) is 2. The number of nitrogens with zero attached hydrogens (tertiary/aromatic N) is 1. The molecule has 1 heterocycles. The van der Waals surface area contributed by atoms with Gasteiger partial charge in [-0.3, -0.25) is 10.1 Å². The van der Waals surface area contributed by atoms with Gasteiger partial charge in [-0.1, -0.05) is 24.3 Å². The molecule has 1 aromatic heterocycles. The first-order chi connectivity index (χ1) is 13.4. The molecule has 0 saturated heterocycles. The van der Waals surface area contributed by atoms with Crippen molar-refractivity contribution in [1.82, 2.24) is 0 Å². The van der Waals surface area contributed by atoms with Crippen LogP contribution >= 0.6 is 0 Å². The smallest absolute Gasteiger partial charge is 0.374 e. The minimum Gasteiger partial charge on any atom is -0.460 e. The number of nitro groups is 1. The summed E-state index contributed by atoms with van der Waals surface area (Å²) in [6, 6.07) is 11.1. The van der Waals surface area contributed by atoms with E-state index in [1.807, 2.05) is 0 Å². The standard InChI is InChI=1S/C20H17NO7/c1-3-26-20(23)18-15(14-7-4-5-10-17(14)28-18)11-27-19(22)13-8-6-9-16(12(13)2)21(24)25/h4-10H,3,11H2,1-2H3. The van der Waals surface area contributed by atoms with Crippen molar-refractivity contribution in [3.63, 3.8) is 0 Å². The first-order valence-corrected chi connectivity index (χ1v) is 8.52. The Balaban J connectivity index is 1.90. The zero-order chi connectivity index (χ0) is 20.3. The zero-order valence-electron chi connectivity index (χ0n) is 15.3. The first kappa shape index (κ1) is 19.1. The molecule has 0 saturated carbocycles. The summed E-state index contributed by atoms with van der Waals surface area (Å²) in [4.78, 5) is 35.2. The maximum absolute atomic E-state index is 12.5. The van der Waals surface area contributed by atoms with Crippen LogP contribution in [0.4, 0.5) is 5.69 Å². The molecule has 3 rings (SSSR count). The van der Waals surface area contributed by atoms with E-state index >= 15 is 0 Å². The number of furan rings is 1. The molecule has 0 N–H and O–H groups in total. The Hall–Kier alpha value is -3.68. The Kier molecular flexibility index (Phi) is 5.39. The Morgan fingerprint density at radius 3 is 2.54 bits per heavy atom. The van der Waals surface area contributed by atoms with E-state index in [9.17, 15) is 19.7 Å². The summed E-state index contributed by atoms with van der Waals surface area (Å²) in [6.07, 6.45) is 0. The highest BCUT2D eigenvalue weighted by Gasteiger charge is 2.24. The monoisotopic (exact) mass is 383 g/mol. The Morgan fingerprint density at radius 1 is 1.07 bits per heavy atom. The highest BCUT2D eigenvalue weighted by atomic mass is 16.6. The summed E-state index contributed by atoms with van der Waals surface area (Å²) in [5.41, 5.74) is 0.962. The molecule has 0 aliphatic carbocycles. The number of benzene rings is 2. The maximum atomic E-state index is 12.5. The molecule has 0 unspecified atom stereocenters. The molecule has 3 aromatic rings. The Bertz CT molecular complexity index is 1070. The van der Waals surface area contributed by atoms with Gasteiger partial charge in [0.2, 0.25) is 5.76 Å². The molecule has 0 aliphatic rings. The summed E-state index contributed by atoms with van der Waals surface area (Å²) >= 11 is 0. The van der Waals surface area contributed by atoms with Crippen LogP contribution in [-0.2, 0) is 16.1 Å². The number of nitro benzene ring substituents is 1. The van der Waals surface area contributed by atoms with Crippen LogP contribution in [0.15, 0.2) is 46.9 Å². The van der Waals surface area contributed by atoms with Crippen molar-refractivity contribution in [3.05, 3.63) is 75.0 Å². The molecule has 0 aliphatic heterocycles. The van der Waals surface area contributed by atoms with Gasteiger partial charge in [-0.15, -0.1) is 0 Å². The third-order valence-corrected chi connectivity index (χ3v) is 4.23. The lowest BCUT2D eigenvalue weighted by Gasteiger charge is -2.08. The second-order valence-electron chi connectivity index (χ2n) is 5.91. The van der Waals surface area contributed by atoms with Crippen molar-refractivity contribution < 1.29 is 28.4 Å².